The van der Waals surface area contributed by atoms with E-state index >= 15 is 0 Å². The van der Waals surface area contributed by atoms with Gasteiger partial charge in [0.25, 0.3) is 0 Å². The van der Waals surface area contributed by atoms with Crippen LogP contribution in [0.25, 0.3) is 0 Å². The first kappa shape index (κ1) is 19.5. The Kier molecular flexibility index (Phi) is 9.77. The van der Waals surface area contributed by atoms with Gasteiger partial charge in [-0.2, -0.15) is 0 Å². The van der Waals surface area contributed by atoms with Crippen LogP contribution in [0.4, 0.5) is 0 Å². The highest BCUT2D eigenvalue weighted by atomic mass is 16.1. The predicted octanol–water partition coefficient (Wildman–Crippen LogP) is 4.27. The molecule has 1 aliphatic carbocycles. The molecule has 130 valence electrons. The van der Waals surface area contributed by atoms with Crippen molar-refractivity contribution in [3.63, 3.8) is 0 Å². The van der Waals surface area contributed by atoms with E-state index in [2.05, 4.69) is 38.3 Å². The number of rotatable bonds is 12. The zero-order valence-electron chi connectivity index (χ0n) is 15.3. The molecule has 3 nitrogen and oxygen atoms in total. The summed E-state index contributed by atoms with van der Waals surface area (Å²) in [5.74, 6) is 1.64. The van der Waals surface area contributed by atoms with E-state index in [4.69, 9.17) is 0 Å². The minimum Gasteiger partial charge on any atom is -0.353 e. The topological polar surface area (TPSA) is 41.1 Å². The lowest BCUT2D eigenvalue weighted by Crippen LogP contribution is -2.52. The molecule has 1 unspecified atom stereocenters. The number of carbonyl (C=O) groups excluding carboxylic acids is 1. The van der Waals surface area contributed by atoms with Crippen LogP contribution < -0.4 is 10.6 Å². The van der Waals surface area contributed by atoms with Gasteiger partial charge in [0, 0.05) is 18.5 Å². The molecule has 0 heterocycles. The standard InChI is InChI=1S/C19H38N2O/c1-5-8-9-15(4)12-19(22)21-18-13-17(14-18)20-11-10-16(6-2)7-3/h15-18,20H,5-14H2,1-4H3,(H,21,22). The molecule has 1 fully saturated rings. The van der Waals surface area contributed by atoms with Gasteiger partial charge in [0.1, 0.15) is 0 Å². The van der Waals surface area contributed by atoms with Crippen molar-refractivity contribution in [3.8, 4) is 0 Å². The highest BCUT2D eigenvalue weighted by molar-refractivity contribution is 5.76. The van der Waals surface area contributed by atoms with E-state index in [1.807, 2.05) is 0 Å². The van der Waals surface area contributed by atoms with Crippen molar-refractivity contribution in [2.45, 2.75) is 97.6 Å². The Balaban J connectivity index is 2.03. The van der Waals surface area contributed by atoms with Gasteiger partial charge >= 0.3 is 0 Å². The third-order valence-electron chi connectivity index (χ3n) is 5.23. The lowest BCUT2D eigenvalue weighted by molar-refractivity contribution is -0.123. The van der Waals surface area contributed by atoms with Crippen molar-refractivity contribution < 1.29 is 4.79 Å². The van der Waals surface area contributed by atoms with Crippen LogP contribution >= 0.6 is 0 Å². The van der Waals surface area contributed by atoms with Crippen LogP contribution in [-0.2, 0) is 4.79 Å². The average Bonchev–Trinajstić information content (AvgIpc) is 2.46. The van der Waals surface area contributed by atoms with Gasteiger partial charge in [-0.15, -0.1) is 0 Å². The Labute approximate surface area is 138 Å². The summed E-state index contributed by atoms with van der Waals surface area (Å²) in [6.45, 7) is 10.1. The van der Waals surface area contributed by atoms with Crippen LogP contribution in [0.3, 0.4) is 0 Å². The molecule has 0 radical (unpaired) electrons. The lowest BCUT2D eigenvalue weighted by Gasteiger charge is -2.37. The summed E-state index contributed by atoms with van der Waals surface area (Å²) >= 11 is 0. The van der Waals surface area contributed by atoms with Crippen LogP contribution in [0.1, 0.15) is 85.5 Å². The summed E-state index contributed by atoms with van der Waals surface area (Å²) in [6.07, 6.45) is 10.4. The molecule has 1 aliphatic rings. The number of unbranched alkanes of at least 4 members (excludes halogenated alkanes) is 1. The molecule has 0 aromatic carbocycles. The first-order valence-corrected chi connectivity index (χ1v) is 9.61. The fraction of sp³-hybridized carbons (Fsp3) is 0.947. The van der Waals surface area contributed by atoms with Crippen molar-refractivity contribution in [2.75, 3.05) is 6.54 Å². The second-order valence-electron chi connectivity index (χ2n) is 7.31. The Hall–Kier alpha value is -0.570. The summed E-state index contributed by atoms with van der Waals surface area (Å²) in [5.41, 5.74) is 0. The van der Waals surface area contributed by atoms with Gasteiger partial charge in [0.15, 0.2) is 0 Å². The number of amides is 1. The fourth-order valence-corrected chi connectivity index (χ4v) is 3.35. The van der Waals surface area contributed by atoms with Crippen molar-refractivity contribution in [2.24, 2.45) is 11.8 Å². The first-order chi connectivity index (χ1) is 10.6. The van der Waals surface area contributed by atoms with Gasteiger partial charge < -0.3 is 10.6 Å². The van der Waals surface area contributed by atoms with Crippen LogP contribution in [0.15, 0.2) is 0 Å². The van der Waals surface area contributed by atoms with Crippen LogP contribution in [0.2, 0.25) is 0 Å². The quantitative estimate of drug-likeness (QED) is 0.565. The van der Waals surface area contributed by atoms with Crippen molar-refractivity contribution in [1.82, 2.24) is 10.6 Å². The van der Waals surface area contributed by atoms with Gasteiger partial charge in [-0.05, 0) is 37.6 Å². The maximum absolute atomic E-state index is 12.0. The van der Waals surface area contributed by atoms with Gasteiger partial charge in [-0.25, -0.2) is 0 Å². The van der Waals surface area contributed by atoms with Crippen LogP contribution in [0.5, 0.6) is 0 Å². The Morgan fingerprint density at radius 3 is 2.36 bits per heavy atom. The van der Waals surface area contributed by atoms with Gasteiger partial charge in [0.2, 0.25) is 5.91 Å². The van der Waals surface area contributed by atoms with Crippen LogP contribution in [0, 0.1) is 11.8 Å². The van der Waals surface area contributed by atoms with E-state index in [1.54, 1.807) is 0 Å². The molecular weight excluding hydrogens is 272 g/mol. The second kappa shape index (κ2) is 11.0. The molecule has 0 bridgehead atoms. The van der Waals surface area contributed by atoms with E-state index < -0.39 is 0 Å². The number of nitrogens with one attached hydrogen (secondary N) is 2. The monoisotopic (exact) mass is 310 g/mol. The summed E-state index contributed by atoms with van der Waals surface area (Å²) in [4.78, 5) is 12.0. The third kappa shape index (κ3) is 7.62. The minimum atomic E-state index is 0.254. The van der Waals surface area contributed by atoms with Gasteiger partial charge in [-0.3, -0.25) is 4.79 Å². The molecular formula is C19H38N2O. The highest BCUT2D eigenvalue weighted by Gasteiger charge is 2.29. The van der Waals surface area contributed by atoms with E-state index in [0.29, 0.717) is 24.4 Å². The summed E-state index contributed by atoms with van der Waals surface area (Å²) in [5, 5.41) is 6.84. The largest absolute Gasteiger partial charge is 0.353 e. The van der Waals surface area contributed by atoms with E-state index in [9.17, 15) is 4.79 Å². The molecule has 1 rings (SSSR count). The zero-order valence-corrected chi connectivity index (χ0v) is 15.3. The summed E-state index contributed by atoms with van der Waals surface area (Å²) in [7, 11) is 0. The number of hydrogen-bond donors (Lipinski definition) is 2. The third-order valence-corrected chi connectivity index (χ3v) is 5.23. The SMILES string of the molecule is CCCCC(C)CC(=O)NC1CC(NCCC(CC)CC)C1. The normalized spacial score (nSPS) is 22.4. The Morgan fingerprint density at radius 2 is 1.77 bits per heavy atom. The molecule has 0 aliphatic heterocycles. The molecule has 1 saturated carbocycles. The average molecular weight is 311 g/mol. The van der Waals surface area contributed by atoms with Crippen molar-refractivity contribution in [1.29, 1.82) is 0 Å². The fourth-order valence-electron chi connectivity index (χ4n) is 3.35. The molecule has 1 amide bonds. The molecule has 3 heteroatoms. The Bertz CT molecular complexity index is 296. The lowest BCUT2D eigenvalue weighted by atomic mass is 9.86. The maximum Gasteiger partial charge on any atom is 0.220 e. The van der Waals surface area contributed by atoms with Crippen molar-refractivity contribution >= 4 is 5.91 Å². The predicted molar refractivity (Wildman–Crippen MR) is 95.0 cm³/mol. The molecule has 1 atom stereocenters. The minimum absolute atomic E-state index is 0.254. The van der Waals surface area contributed by atoms with E-state index in [-0.39, 0.29) is 5.91 Å². The number of hydrogen-bond acceptors (Lipinski definition) is 2. The molecule has 0 saturated heterocycles. The Morgan fingerprint density at radius 1 is 1.09 bits per heavy atom. The number of carbonyl (C=O) groups is 1. The maximum atomic E-state index is 12.0. The molecule has 0 spiro atoms. The van der Waals surface area contributed by atoms with Gasteiger partial charge in [0.05, 0.1) is 0 Å². The smallest absolute Gasteiger partial charge is 0.220 e. The van der Waals surface area contributed by atoms with Gasteiger partial charge in [-0.1, -0.05) is 59.8 Å². The highest BCUT2D eigenvalue weighted by Crippen LogP contribution is 2.21. The summed E-state index contributed by atoms with van der Waals surface area (Å²) in [6, 6.07) is 1.04. The first-order valence-electron chi connectivity index (χ1n) is 9.61. The molecule has 0 aromatic rings. The summed E-state index contributed by atoms with van der Waals surface area (Å²) < 4.78 is 0. The van der Waals surface area contributed by atoms with Crippen LogP contribution in [-0.4, -0.2) is 24.5 Å². The molecule has 0 aromatic heterocycles. The van der Waals surface area contributed by atoms with Crippen molar-refractivity contribution in [3.05, 3.63) is 0 Å². The molecule has 22 heavy (non-hydrogen) atoms. The van der Waals surface area contributed by atoms with E-state index in [1.165, 1.54) is 38.5 Å². The van der Waals surface area contributed by atoms with E-state index in [0.717, 1.165) is 25.3 Å². The molecule has 2 N–H and O–H groups in total. The zero-order chi connectivity index (χ0) is 16.4. The second-order valence-corrected chi connectivity index (χ2v) is 7.31.